The molecule has 1 heterocycles. The minimum atomic E-state index is -0.954. The molecule has 3 aromatic rings. The summed E-state index contributed by atoms with van der Waals surface area (Å²) < 4.78 is 39.4. The largest absolute Gasteiger partial charge is 0.342 e. The Labute approximate surface area is 117 Å². The van der Waals surface area contributed by atoms with Gasteiger partial charge in [0.05, 0.1) is 11.0 Å². The number of benzene rings is 2. The van der Waals surface area contributed by atoms with Crippen LogP contribution in [-0.4, -0.2) is 9.97 Å². The normalized spacial score (nSPS) is 11.2. The fourth-order valence-corrected chi connectivity index (χ4v) is 2.29. The monoisotopic (exact) mass is 296 g/mol. The smallest absolute Gasteiger partial charge is 0.161 e. The van der Waals surface area contributed by atoms with Gasteiger partial charge in [-0.2, -0.15) is 0 Å². The minimum Gasteiger partial charge on any atom is -0.342 e. The number of nitrogens with one attached hydrogen (secondary N) is 1. The molecule has 0 saturated carbocycles. The Hall–Kier alpha value is -2.01. The van der Waals surface area contributed by atoms with Gasteiger partial charge in [-0.15, -0.1) is 0 Å². The molecule has 6 heteroatoms. The zero-order valence-corrected chi connectivity index (χ0v) is 10.8. The van der Waals surface area contributed by atoms with Gasteiger partial charge in [-0.1, -0.05) is 11.6 Å². The lowest BCUT2D eigenvalue weighted by Gasteiger charge is -1.99. The Bertz CT molecular complexity index is 739. The fraction of sp³-hybridized carbons (Fsp3) is 0.0714. The molecular formula is C14H8ClF3N2. The molecule has 1 N–H and O–H groups in total. The number of hydrogen-bond donors (Lipinski definition) is 1. The first-order valence-electron chi connectivity index (χ1n) is 5.80. The third-order valence-corrected chi connectivity index (χ3v) is 3.09. The number of halogens is 4. The number of aromatic amines is 1. The lowest BCUT2D eigenvalue weighted by Crippen LogP contribution is -1.91. The molecule has 0 aliphatic rings. The molecule has 0 saturated heterocycles. The average molecular weight is 297 g/mol. The number of imidazole rings is 1. The van der Waals surface area contributed by atoms with Crippen molar-refractivity contribution in [3.05, 3.63) is 64.2 Å². The fourth-order valence-electron chi connectivity index (χ4n) is 2.05. The van der Waals surface area contributed by atoms with Crippen LogP contribution in [0.1, 0.15) is 11.4 Å². The lowest BCUT2D eigenvalue weighted by molar-refractivity contribution is 0.510. The summed E-state index contributed by atoms with van der Waals surface area (Å²) >= 11 is 5.77. The molecule has 102 valence electrons. The van der Waals surface area contributed by atoms with E-state index in [0.29, 0.717) is 22.4 Å². The van der Waals surface area contributed by atoms with E-state index in [4.69, 9.17) is 11.6 Å². The van der Waals surface area contributed by atoms with Crippen LogP contribution < -0.4 is 0 Å². The van der Waals surface area contributed by atoms with Crippen LogP contribution in [0, 0.1) is 17.5 Å². The highest BCUT2D eigenvalue weighted by Crippen LogP contribution is 2.20. The predicted octanol–water partition coefficient (Wildman–Crippen LogP) is 4.22. The maximum absolute atomic E-state index is 13.2. The van der Waals surface area contributed by atoms with Crippen molar-refractivity contribution in [2.45, 2.75) is 6.42 Å². The molecule has 0 radical (unpaired) electrons. The number of H-pyrrole nitrogens is 1. The van der Waals surface area contributed by atoms with Crippen molar-refractivity contribution in [1.82, 2.24) is 9.97 Å². The van der Waals surface area contributed by atoms with Crippen molar-refractivity contribution in [1.29, 1.82) is 0 Å². The van der Waals surface area contributed by atoms with E-state index in [1.165, 1.54) is 12.1 Å². The van der Waals surface area contributed by atoms with Gasteiger partial charge in [0, 0.05) is 23.6 Å². The number of hydrogen-bond acceptors (Lipinski definition) is 1. The highest BCUT2D eigenvalue weighted by atomic mass is 35.5. The van der Waals surface area contributed by atoms with Gasteiger partial charge in [-0.05, 0) is 23.8 Å². The van der Waals surface area contributed by atoms with Crippen LogP contribution in [0.4, 0.5) is 13.2 Å². The summed E-state index contributed by atoms with van der Waals surface area (Å²) in [6, 6.07) is 6.20. The van der Waals surface area contributed by atoms with Gasteiger partial charge in [0.15, 0.2) is 11.6 Å². The van der Waals surface area contributed by atoms with Gasteiger partial charge in [0.25, 0.3) is 0 Å². The van der Waals surface area contributed by atoms with Crippen LogP contribution in [0.5, 0.6) is 0 Å². The molecule has 0 fully saturated rings. The van der Waals surface area contributed by atoms with Crippen LogP contribution in [0.25, 0.3) is 11.0 Å². The molecule has 0 aliphatic carbocycles. The Kier molecular flexibility index (Phi) is 3.14. The molecule has 1 aromatic heterocycles. The van der Waals surface area contributed by atoms with E-state index in [9.17, 15) is 13.2 Å². The maximum atomic E-state index is 13.2. The van der Waals surface area contributed by atoms with Crippen LogP contribution in [0.2, 0.25) is 5.02 Å². The van der Waals surface area contributed by atoms with Gasteiger partial charge < -0.3 is 4.98 Å². The van der Waals surface area contributed by atoms with Gasteiger partial charge in [0.2, 0.25) is 0 Å². The standard InChI is InChI=1S/C14H8ClF3N2/c15-8-1-7(2-9(16)4-8)3-14-19-12-5-10(17)11(18)6-13(12)20-14/h1-2,4-6H,3H2,(H,19,20). The number of nitrogens with zero attached hydrogens (tertiary/aromatic N) is 1. The summed E-state index contributed by atoms with van der Waals surface area (Å²) in [4.78, 5) is 7.01. The van der Waals surface area contributed by atoms with E-state index in [-0.39, 0.29) is 11.4 Å². The van der Waals surface area contributed by atoms with Gasteiger partial charge in [-0.25, -0.2) is 18.2 Å². The molecule has 0 bridgehead atoms. The van der Waals surface area contributed by atoms with Crippen molar-refractivity contribution in [2.75, 3.05) is 0 Å². The van der Waals surface area contributed by atoms with Crippen molar-refractivity contribution < 1.29 is 13.2 Å². The van der Waals surface area contributed by atoms with E-state index >= 15 is 0 Å². The first-order valence-corrected chi connectivity index (χ1v) is 6.17. The zero-order chi connectivity index (χ0) is 14.3. The van der Waals surface area contributed by atoms with Crippen LogP contribution >= 0.6 is 11.6 Å². The number of fused-ring (bicyclic) bond motifs is 1. The molecule has 0 spiro atoms. The second-order valence-electron chi connectivity index (χ2n) is 4.42. The molecule has 0 aliphatic heterocycles. The van der Waals surface area contributed by atoms with Crippen LogP contribution in [0.15, 0.2) is 30.3 Å². The Morgan fingerprint density at radius 1 is 1.00 bits per heavy atom. The van der Waals surface area contributed by atoms with Crippen LogP contribution in [0.3, 0.4) is 0 Å². The first-order chi connectivity index (χ1) is 9.51. The van der Waals surface area contributed by atoms with Gasteiger partial charge >= 0.3 is 0 Å². The Morgan fingerprint density at radius 3 is 2.50 bits per heavy atom. The van der Waals surface area contributed by atoms with Crippen molar-refractivity contribution in [3.8, 4) is 0 Å². The molecular weight excluding hydrogens is 289 g/mol. The number of rotatable bonds is 2. The third-order valence-electron chi connectivity index (χ3n) is 2.87. The summed E-state index contributed by atoms with van der Waals surface area (Å²) in [6.45, 7) is 0. The molecule has 0 amide bonds. The Balaban J connectivity index is 1.98. The van der Waals surface area contributed by atoms with E-state index in [1.54, 1.807) is 6.07 Å². The third kappa shape index (κ3) is 2.49. The Morgan fingerprint density at radius 2 is 1.75 bits per heavy atom. The molecule has 0 atom stereocenters. The molecule has 0 unspecified atom stereocenters. The first kappa shape index (κ1) is 13.0. The molecule has 20 heavy (non-hydrogen) atoms. The van der Waals surface area contributed by atoms with E-state index in [2.05, 4.69) is 9.97 Å². The quantitative estimate of drug-likeness (QED) is 0.753. The van der Waals surface area contributed by atoms with Crippen LogP contribution in [-0.2, 0) is 6.42 Å². The van der Waals surface area contributed by atoms with E-state index < -0.39 is 17.5 Å². The molecule has 2 aromatic carbocycles. The molecule has 2 nitrogen and oxygen atoms in total. The van der Waals surface area contributed by atoms with Gasteiger partial charge in [-0.3, -0.25) is 0 Å². The van der Waals surface area contributed by atoms with E-state index in [0.717, 1.165) is 12.1 Å². The highest BCUT2D eigenvalue weighted by Gasteiger charge is 2.09. The summed E-state index contributed by atoms with van der Waals surface area (Å²) in [7, 11) is 0. The van der Waals surface area contributed by atoms with Crippen molar-refractivity contribution >= 4 is 22.6 Å². The summed E-state index contributed by atoms with van der Waals surface area (Å²) in [6.07, 6.45) is 0.287. The van der Waals surface area contributed by atoms with Gasteiger partial charge in [0.1, 0.15) is 11.6 Å². The summed E-state index contributed by atoms with van der Waals surface area (Å²) in [5.41, 5.74) is 1.33. The predicted molar refractivity (Wildman–Crippen MR) is 70.2 cm³/mol. The minimum absolute atomic E-state index is 0.285. The SMILES string of the molecule is Fc1cc(Cl)cc(Cc2nc3cc(F)c(F)cc3[nH]2)c1. The molecule has 3 rings (SSSR count). The topological polar surface area (TPSA) is 28.7 Å². The second kappa shape index (κ2) is 4.83. The number of aromatic nitrogens is 2. The van der Waals surface area contributed by atoms with E-state index in [1.807, 2.05) is 0 Å². The lowest BCUT2D eigenvalue weighted by atomic mass is 10.1. The summed E-state index contributed by atoms with van der Waals surface area (Å²) in [5, 5.41) is 0.285. The maximum Gasteiger partial charge on any atom is 0.161 e. The summed E-state index contributed by atoms with van der Waals surface area (Å²) in [5.74, 6) is -1.86. The van der Waals surface area contributed by atoms with Crippen molar-refractivity contribution in [3.63, 3.8) is 0 Å². The second-order valence-corrected chi connectivity index (χ2v) is 4.86. The van der Waals surface area contributed by atoms with Crippen molar-refractivity contribution in [2.24, 2.45) is 0 Å². The average Bonchev–Trinajstić information content (AvgIpc) is 2.69. The zero-order valence-electron chi connectivity index (χ0n) is 10.1. The highest BCUT2D eigenvalue weighted by molar-refractivity contribution is 6.30.